The van der Waals surface area contributed by atoms with Crippen LogP contribution in [0, 0.1) is 11.6 Å². The minimum absolute atomic E-state index is 0.00825. The van der Waals surface area contributed by atoms with E-state index in [9.17, 15) is 18.8 Å². The van der Waals surface area contributed by atoms with Crippen LogP contribution >= 0.6 is 23.1 Å². The topological polar surface area (TPSA) is 104 Å². The standard InChI is InChI=1S/C20H21F2N5O2S2/c21-12-5-1-6-13(22)15(12)19-25-16(17(23)31-19)18(28)24-14-7-3-9-30-20(14)27-8-2-4-11(10-27)26-29/h1,3,5-7,11,26,29H,2,4,8-10,23H2,(H,24,28). The van der Waals surface area contributed by atoms with Crippen molar-refractivity contribution in [2.45, 2.75) is 18.9 Å². The molecule has 4 rings (SSSR count). The quantitative estimate of drug-likeness (QED) is 0.502. The number of nitrogens with two attached hydrogens (primary N) is 1. The summed E-state index contributed by atoms with van der Waals surface area (Å²) in [5.74, 6) is -1.33. The Hall–Kier alpha value is -2.47. The van der Waals surface area contributed by atoms with Gasteiger partial charge in [-0.3, -0.25) is 4.79 Å². The molecule has 2 aliphatic rings. The second-order valence-corrected chi connectivity index (χ2v) is 9.17. The molecule has 1 saturated heterocycles. The number of thioether (sulfide) groups is 1. The van der Waals surface area contributed by atoms with Gasteiger partial charge in [-0.2, -0.15) is 0 Å². The van der Waals surface area contributed by atoms with Crippen LogP contribution in [0.4, 0.5) is 13.8 Å². The highest BCUT2D eigenvalue weighted by Gasteiger charge is 2.26. The Bertz CT molecular complexity index is 1040. The van der Waals surface area contributed by atoms with E-state index in [2.05, 4.69) is 20.7 Å². The third kappa shape index (κ3) is 4.59. The van der Waals surface area contributed by atoms with Crippen molar-refractivity contribution in [3.63, 3.8) is 0 Å². The number of rotatable bonds is 5. The minimum Gasteiger partial charge on any atom is -0.389 e. The van der Waals surface area contributed by atoms with Crippen LogP contribution < -0.4 is 16.5 Å². The van der Waals surface area contributed by atoms with Gasteiger partial charge in [0.1, 0.15) is 21.6 Å². The summed E-state index contributed by atoms with van der Waals surface area (Å²) >= 11 is 2.44. The maximum atomic E-state index is 14.1. The van der Waals surface area contributed by atoms with Crippen LogP contribution in [0.5, 0.6) is 0 Å². The minimum atomic E-state index is -0.769. The number of hydroxylamine groups is 1. The van der Waals surface area contributed by atoms with Crippen molar-refractivity contribution in [2.75, 3.05) is 24.6 Å². The van der Waals surface area contributed by atoms with Gasteiger partial charge in [0.25, 0.3) is 5.91 Å². The molecule has 7 nitrogen and oxygen atoms in total. The lowest BCUT2D eigenvalue weighted by Gasteiger charge is -2.36. The molecule has 2 aliphatic heterocycles. The molecular formula is C20H21F2N5O2S2. The second kappa shape index (κ2) is 9.35. The van der Waals surface area contributed by atoms with E-state index in [1.165, 1.54) is 6.07 Å². The number of nitrogens with zero attached hydrogens (tertiary/aromatic N) is 2. The van der Waals surface area contributed by atoms with Crippen LogP contribution in [0.1, 0.15) is 23.3 Å². The van der Waals surface area contributed by atoms with Crippen molar-refractivity contribution in [1.29, 1.82) is 0 Å². The average Bonchev–Trinajstić information content (AvgIpc) is 3.15. The Balaban J connectivity index is 1.59. The molecule has 3 heterocycles. The molecule has 0 radical (unpaired) electrons. The molecule has 0 saturated carbocycles. The number of halogens is 2. The average molecular weight is 466 g/mol. The van der Waals surface area contributed by atoms with Crippen LogP contribution in [0.15, 0.2) is 41.1 Å². The fraction of sp³-hybridized carbons (Fsp3) is 0.300. The zero-order valence-corrected chi connectivity index (χ0v) is 18.0. The Kier molecular flexibility index (Phi) is 6.56. The first-order chi connectivity index (χ1) is 15.0. The number of thiazole rings is 1. The molecular weight excluding hydrogens is 444 g/mol. The smallest absolute Gasteiger partial charge is 0.277 e. The molecule has 1 aromatic carbocycles. The zero-order valence-electron chi connectivity index (χ0n) is 16.4. The fourth-order valence-electron chi connectivity index (χ4n) is 3.55. The van der Waals surface area contributed by atoms with E-state index in [-0.39, 0.29) is 27.3 Å². The number of anilines is 1. The molecule has 11 heteroatoms. The number of amides is 1. The largest absolute Gasteiger partial charge is 0.389 e. The van der Waals surface area contributed by atoms with E-state index in [4.69, 9.17) is 5.73 Å². The predicted molar refractivity (Wildman–Crippen MR) is 117 cm³/mol. The number of piperidine rings is 1. The SMILES string of the molecule is Nc1sc(-c2c(F)cccc2F)nc1C(=O)NC1=C(N2CCCC(NO)C2)SCC=C1. The zero-order chi connectivity index (χ0) is 22.0. The summed E-state index contributed by atoms with van der Waals surface area (Å²) in [5.41, 5.74) is 8.51. The molecule has 164 valence electrons. The van der Waals surface area contributed by atoms with E-state index < -0.39 is 17.5 Å². The molecule has 1 aromatic heterocycles. The van der Waals surface area contributed by atoms with Crippen LogP contribution in [0.3, 0.4) is 0 Å². The molecule has 0 spiro atoms. The predicted octanol–water partition coefficient (Wildman–Crippen LogP) is 3.32. The van der Waals surface area contributed by atoms with Crippen LogP contribution in [0.2, 0.25) is 0 Å². The monoisotopic (exact) mass is 465 g/mol. The van der Waals surface area contributed by atoms with Crippen molar-refractivity contribution in [3.05, 3.63) is 58.4 Å². The van der Waals surface area contributed by atoms with E-state index >= 15 is 0 Å². The first kappa shape index (κ1) is 21.8. The van der Waals surface area contributed by atoms with E-state index in [0.717, 1.165) is 53.6 Å². The lowest BCUT2D eigenvalue weighted by molar-refractivity contribution is 0.0876. The van der Waals surface area contributed by atoms with Gasteiger partial charge in [0.2, 0.25) is 0 Å². The van der Waals surface area contributed by atoms with Crippen LogP contribution in [-0.2, 0) is 0 Å². The number of allylic oxidation sites excluding steroid dienone is 1. The lowest BCUT2D eigenvalue weighted by atomic mass is 10.1. The van der Waals surface area contributed by atoms with E-state index in [1.54, 1.807) is 11.8 Å². The van der Waals surface area contributed by atoms with Gasteiger partial charge in [0.05, 0.1) is 16.3 Å². The van der Waals surface area contributed by atoms with Crippen LogP contribution in [0.25, 0.3) is 10.6 Å². The Morgan fingerprint density at radius 3 is 2.84 bits per heavy atom. The summed E-state index contributed by atoms with van der Waals surface area (Å²) in [6.45, 7) is 1.42. The van der Waals surface area contributed by atoms with Crippen molar-refractivity contribution < 1.29 is 18.8 Å². The summed E-state index contributed by atoms with van der Waals surface area (Å²) in [4.78, 5) is 19.2. The second-order valence-electron chi connectivity index (χ2n) is 7.13. The van der Waals surface area contributed by atoms with Crippen molar-refractivity contribution >= 4 is 34.0 Å². The van der Waals surface area contributed by atoms with Gasteiger partial charge in [-0.05, 0) is 31.1 Å². The number of benzene rings is 1. The Labute approximate surface area is 186 Å². The molecule has 1 amide bonds. The summed E-state index contributed by atoms with van der Waals surface area (Å²) in [7, 11) is 0. The number of nitrogen functional groups attached to an aromatic ring is 1. The van der Waals surface area contributed by atoms with Gasteiger partial charge in [0, 0.05) is 24.9 Å². The number of hydrogen-bond acceptors (Lipinski definition) is 8. The number of carbonyl (C=O) groups is 1. The highest BCUT2D eigenvalue weighted by atomic mass is 32.2. The molecule has 31 heavy (non-hydrogen) atoms. The summed E-state index contributed by atoms with van der Waals surface area (Å²) < 4.78 is 28.2. The van der Waals surface area contributed by atoms with Crippen molar-refractivity contribution in [3.8, 4) is 10.6 Å². The van der Waals surface area contributed by atoms with Gasteiger partial charge in [-0.15, -0.1) is 11.8 Å². The third-order valence-electron chi connectivity index (χ3n) is 5.02. The first-order valence-electron chi connectivity index (χ1n) is 9.68. The van der Waals surface area contributed by atoms with Gasteiger partial charge in [-0.1, -0.05) is 23.5 Å². The molecule has 1 atom stereocenters. The van der Waals surface area contributed by atoms with Gasteiger partial charge in [0.15, 0.2) is 5.69 Å². The summed E-state index contributed by atoms with van der Waals surface area (Å²) in [5, 5.41) is 13.1. The molecule has 1 unspecified atom stereocenters. The normalized spacial score (nSPS) is 19.1. The van der Waals surface area contributed by atoms with Crippen LogP contribution in [-0.4, -0.2) is 45.9 Å². The van der Waals surface area contributed by atoms with Gasteiger partial charge >= 0.3 is 0 Å². The number of hydrogen-bond donors (Lipinski definition) is 4. The molecule has 5 N–H and O–H groups in total. The van der Waals surface area contributed by atoms with E-state index in [1.807, 2.05) is 12.2 Å². The first-order valence-corrected chi connectivity index (χ1v) is 11.5. The molecule has 1 fully saturated rings. The van der Waals surface area contributed by atoms with Crippen molar-refractivity contribution in [1.82, 2.24) is 20.7 Å². The van der Waals surface area contributed by atoms with E-state index in [0.29, 0.717) is 12.2 Å². The molecule has 0 bridgehead atoms. The number of aromatic nitrogens is 1. The number of carbonyl (C=O) groups excluding carboxylic acids is 1. The third-order valence-corrected chi connectivity index (χ3v) is 7.03. The van der Waals surface area contributed by atoms with Gasteiger partial charge < -0.3 is 21.2 Å². The maximum absolute atomic E-state index is 14.1. The van der Waals surface area contributed by atoms with Gasteiger partial charge in [-0.25, -0.2) is 19.2 Å². The van der Waals surface area contributed by atoms with Crippen molar-refractivity contribution in [2.24, 2.45) is 0 Å². The Morgan fingerprint density at radius 1 is 1.32 bits per heavy atom. The maximum Gasteiger partial charge on any atom is 0.277 e. The lowest BCUT2D eigenvalue weighted by Crippen LogP contribution is -2.44. The summed E-state index contributed by atoms with van der Waals surface area (Å²) in [6.07, 6.45) is 5.52. The summed E-state index contributed by atoms with van der Waals surface area (Å²) in [6, 6.07) is 3.47. The number of nitrogens with one attached hydrogen (secondary N) is 2. The highest BCUT2D eigenvalue weighted by Crippen LogP contribution is 2.34. The number of likely N-dealkylation sites (tertiary alicyclic amines) is 1. The Morgan fingerprint density at radius 2 is 2.10 bits per heavy atom. The molecule has 0 aliphatic carbocycles. The molecule has 2 aromatic rings. The highest BCUT2D eigenvalue weighted by molar-refractivity contribution is 8.03. The fourth-order valence-corrected chi connectivity index (χ4v) is 5.40.